The maximum atomic E-state index is 11.8. The van der Waals surface area contributed by atoms with E-state index in [2.05, 4.69) is 0 Å². The predicted octanol–water partition coefficient (Wildman–Crippen LogP) is -0.448. The van der Waals surface area contributed by atoms with Crippen molar-refractivity contribution in [3.05, 3.63) is 0 Å². The molecule has 0 aliphatic carbocycles. The Labute approximate surface area is 100 Å². The van der Waals surface area contributed by atoms with Gasteiger partial charge >= 0.3 is 5.97 Å². The quantitative estimate of drug-likeness (QED) is 0.549. The van der Waals surface area contributed by atoms with Gasteiger partial charge in [-0.1, -0.05) is 6.42 Å². The summed E-state index contributed by atoms with van der Waals surface area (Å²) in [6.45, 7) is 0.737. The average Bonchev–Trinajstić information content (AvgIpc) is 2.66. The highest BCUT2D eigenvalue weighted by atomic mass is 16.4. The summed E-state index contributed by atoms with van der Waals surface area (Å²) in [6, 6.07) is -0.869. The van der Waals surface area contributed by atoms with Crippen LogP contribution < -0.4 is 5.73 Å². The van der Waals surface area contributed by atoms with Crippen molar-refractivity contribution in [1.29, 1.82) is 0 Å². The zero-order valence-electron chi connectivity index (χ0n) is 9.84. The van der Waals surface area contributed by atoms with E-state index in [-0.39, 0.29) is 18.9 Å². The first kappa shape index (κ1) is 13.9. The van der Waals surface area contributed by atoms with E-state index in [1.807, 2.05) is 0 Å². The van der Waals surface area contributed by atoms with Crippen LogP contribution in [0.15, 0.2) is 0 Å². The van der Waals surface area contributed by atoms with Gasteiger partial charge < -0.3 is 20.8 Å². The number of amides is 1. The molecule has 1 fully saturated rings. The number of hydrogen-bond acceptors (Lipinski definition) is 4. The largest absolute Gasteiger partial charge is 0.480 e. The van der Waals surface area contributed by atoms with Crippen LogP contribution in [0.4, 0.5) is 0 Å². The van der Waals surface area contributed by atoms with Crippen molar-refractivity contribution in [2.75, 3.05) is 13.1 Å². The fraction of sp³-hybridized carbons (Fsp3) is 0.818. The molecule has 0 aromatic rings. The van der Waals surface area contributed by atoms with Crippen molar-refractivity contribution in [1.82, 2.24) is 4.90 Å². The molecule has 1 aliphatic rings. The van der Waals surface area contributed by atoms with E-state index in [1.54, 1.807) is 0 Å². The lowest BCUT2D eigenvalue weighted by Crippen LogP contribution is -2.40. The summed E-state index contributed by atoms with van der Waals surface area (Å²) in [7, 11) is 0. The van der Waals surface area contributed by atoms with Gasteiger partial charge in [0.2, 0.25) is 5.91 Å². The Hall–Kier alpha value is -1.14. The van der Waals surface area contributed by atoms with Crippen LogP contribution in [-0.4, -0.2) is 52.2 Å². The second kappa shape index (κ2) is 6.56. The molecule has 6 heteroatoms. The summed E-state index contributed by atoms with van der Waals surface area (Å²) in [5.74, 6) is -1.23. The van der Waals surface area contributed by atoms with Gasteiger partial charge in [0.15, 0.2) is 0 Å². The highest BCUT2D eigenvalue weighted by molar-refractivity contribution is 5.84. The van der Waals surface area contributed by atoms with E-state index in [0.29, 0.717) is 13.0 Å². The number of carbonyl (C=O) groups is 2. The Balaban J connectivity index is 2.41. The van der Waals surface area contributed by atoms with Crippen LogP contribution in [0, 0.1) is 0 Å². The van der Waals surface area contributed by atoms with E-state index < -0.39 is 18.1 Å². The molecule has 1 heterocycles. The molecular weight excluding hydrogens is 224 g/mol. The van der Waals surface area contributed by atoms with Crippen molar-refractivity contribution in [3.63, 3.8) is 0 Å². The molecule has 98 valence electrons. The van der Waals surface area contributed by atoms with Crippen molar-refractivity contribution in [3.8, 4) is 0 Å². The Morgan fingerprint density at radius 2 is 2.00 bits per heavy atom. The Morgan fingerprint density at radius 1 is 1.29 bits per heavy atom. The van der Waals surface area contributed by atoms with Crippen LogP contribution in [0.5, 0.6) is 0 Å². The first-order valence-corrected chi connectivity index (χ1v) is 5.96. The number of nitrogens with two attached hydrogens (primary N) is 1. The standard InChI is InChI=1S/C11H20N2O4/c12-5-3-1-2-4-10(15)13-7-8(14)6-9(13)11(16)17/h8-9,14H,1-7,12H2,(H,16,17)/t8-,9+/m1/s1. The van der Waals surface area contributed by atoms with E-state index in [4.69, 9.17) is 10.8 Å². The maximum absolute atomic E-state index is 11.8. The molecule has 1 aliphatic heterocycles. The highest BCUT2D eigenvalue weighted by Crippen LogP contribution is 2.19. The monoisotopic (exact) mass is 244 g/mol. The zero-order valence-corrected chi connectivity index (χ0v) is 9.84. The molecular formula is C11H20N2O4. The molecule has 6 nitrogen and oxygen atoms in total. The molecule has 0 aromatic carbocycles. The number of aliphatic hydroxyl groups is 1. The van der Waals surface area contributed by atoms with Gasteiger partial charge in [0.1, 0.15) is 6.04 Å². The number of aliphatic carboxylic acids is 1. The van der Waals surface area contributed by atoms with E-state index in [0.717, 1.165) is 19.3 Å². The summed E-state index contributed by atoms with van der Waals surface area (Å²) in [5.41, 5.74) is 5.34. The minimum atomic E-state index is -1.04. The molecule has 0 bridgehead atoms. The number of unbranched alkanes of at least 4 members (excludes halogenated alkanes) is 2. The number of hydrogen-bond donors (Lipinski definition) is 3. The second-order valence-electron chi connectivity index (χ2n) is 4.39. The second-order valence-corrected chi connectivity index (χ2v) is 4.39. The summed E-state index contributed by atoms with van der Waals surface area (Å²) < 4.78 is 0. The Kier molecular flexibility index (Phi) is 5.37. The fourth-order valence-corrected chi connectivity index (χ4v) is 2.06. The van der Waals surface area contributed by atoms with Gasteiger partial charge in [-0.2, -0.15) is 0 Å². The first-order valence-electron chi connectivity index (χ1n) is 5.96. The topological polar surface area (TPSA) is 104 Å². The van der Waals surface area contributed by atoms with Gasteiger partial charge in [-0.3, -0.25) is 4.79 Å². The van der Waals surface area contributed by atoms with Crippen molar-refractivity contribution in [2.24, 2.45) is 5.73 Å². The highest BCUT2D eigenvalue weighted by Gasteiger charge is 2.38. The van der Waals surface area contributed by atoms with E-state index >= 15 is 0 Å². The molecule has 0 aromatic heterocycles. The third kappa shape index (κ3) is 3.98. The smallest absolute Gasteiger partial charge is 0.326 e. The molecule has 1 saturated heterocycles. The lowest BCUT2D eigenvalue weighted by atomic mass is 10.1. The van der Waals surface area contributed by atoms with Crippen molar-refractivity contribution < 1.29 is 19.8 Å². The number of rotatable bonds is 6. The van der Waals surface area contributed by atoms with Gasteiger partial charge in [-0.05, 0) is 19.4 Å². The van der Waals surface area contributed by atoms with E-state index in [9.17, 15) is 14.7 Å². The number of carbonyl (C=O) groups excluding carboxylic acids is 1. The summed E-state index contributed by atoms with van der Waals surface area (Å²) in [6.07, 6.45) is 2.20. The summed E-state index contributed by atoms with van der Waals surface area (Å²) in [5, 5.41) is 18.3. The van der Waals surface area contributed by atoms with Crippen LogP contribution in [0.1, 0.15) is 32.1 Å². The van der Waals surface area contributed by atoms with Crippen LogP contribution in [0.25, 0.3) is 0 Å². The normalized spacial score (nSPS) is 24.0. The fourth-order valence-electron chi connectivity index (χ4n) is 2.06. The third-order valence-corrected chi connectivity index (χ3v) is 2.98. The molecule has 17 heavy (non-hydrogen) atoms. The number of carboxylic acids is 1. The minimum absolute atomic E-state index is 0.129. The predicted molar refractivity (Wildman–Crippen MR) is 61.3 cm³/mol. The lowest BCUT2D eigenvalue weighted by Gasteiger charge is -2.21. The van der Waals surface area contributed by atoms with Gasteiger partial charge in [0.05, 0.1) is 6.10 Å². The molecule has 1 amide bonds. The Morgan fingerprint density at radius 3 is 2.59 bits per heavy atom. The van der Waals surface area contributed by atoms with Crippen LogP contribution in [0.2, 0.25) is 0 Å². The number of β-amino-alcohol motifs (C(OH)–C–C–N with tert-alkyl or cyclic N) is 1. The van der Waals surface area contributed by atoms with Gasteiger partial charge in [0, 0.05) is 19.4 Å². The number of nitrogens with zero attached hydrogens (tertiary/aromatic N) is 1. The minimum Gasteiger partial charge on any atom is -0.480 e. The van der Waals surface area contributed by atoms with E-state index in [1.165, 1.54) is 4.90 Å². The summed E-state index contributed by atoms with van der Waals surface area (Å²) >= 11 is 0. The molecule has 0 unspecified atom stereocenters. The van der Waals surface area contributed by atoms with Gasteiger partial charge in [0.25, 0.3) is 0 Å². The molecule has 0 radical (unpaired) electrons. The molecule has 0 saturated carbocycles. The number of carboxylic acid groups (broad SMARTS) is 1. The van der Waals surface area contributed by atoms with Crippen molar-refractivity contribution >= 4 is 11.9 Å². The average molecular weight is 244 g/mol. The molecule has 1 rings (SSSR count). The molecule has 0 spiro atoms. The molecule has 4 N–H and O–H groups in total. The van der Waals surface area contributed by atoms with Crippen molar-refractivity contribution in [2.45, 2.75) is 44.2 Å². The first-order chi connectivity index (χ1) is 8.06. The molecule has 2 atom stereocenters. The van der Waals surface area contributed by atoms with Crippen LogP contribution in [-0.2, 0) is 9.59 Å². The SMILES string of the molecule is NCCCCCC(=O)N1C[C@H](O)C[C@H]1C(=O)O. The summed E-state index contributed by atoms with van der Waals surface area (Å²) in [4.78, 5) is 24.0. The Bertz CT molecular complexity index is 283. The number of likely N-dealkylation sites (tertiary alicyclic amines) is 1. The van der Waals surface area contributed by atoms with Crippen LogP contribution >= 0.6 is 0 Å². The van der Waals surface area contributed by atoms with Gasteiger partial charge in [-0.25, -0.2) is 4.79 Å². The lowest BCUT2D eigenvalue weighted by molar-refractivity contribution is -0.148. The third-order valence-electron chi connectivity index (χ3n) is 2.98. The number of aliphatic hydroxyl groups excluding tert-OH is 1. The van der Waals surface area contributed by atoms with Crippen LogP contribution in [0.3, 0.4) is 0 Å². The van der Waals surface area contributed by atoms with Gasteiger partial charge in [-0.15, -0.1) is 0 Å². The maximum Gasteiger partial charge on any atom is 0.326 e. The zero-order chi connectivity index (χ0) is 12.8.